The van der Waals surface area contributed by atoms with Crippen LogP contribution in [0.1, 0.15) is 22.2 Å². The summed E-state index contributed by atoms with van der Waals surface area (Å²) in [6, 6.07) is 17.9. The first kappa shape index (κ1) is 19.4. The summed E-state index contributed by atoms with van der Waals surface area (Å²) in [5, 5.41) is 6.70. The summed E-state index contributed by atoms with van der Waals surface area (Å²) >= 11 is 2.96. The summed E-state index contributed by atoms with van der Waals surface area (Å²) in [6.45, 7) is 2.06. The minimum atomic E-state index is -0.249. The van der Waals surface area contributed by atoms with Crippen molar-refractivity contribution in [3.8, 4) is 5.69 Å². The normalized spacial score (nSPS) is 11.9. The molecule has 0 saturated carbocycles. The third-order valence-electron chi connectivity index (χ3n) is 4.36. The van der Waals surface area contributed by atoms with Gasteiger partial charge >= 0.3 is 0 Å². The van der Waals surface area contributed by atoms with E-state index in [-0.39, 0.29) is 17.7 Å². The van der Waals surface area contributed by atoms with Gasteiger partial charge < -0.3 is 5.32 Å². The first-order valence-electron chi connectivity index (χ1n) is 9.17. The van der Waals surface area contributed by atoms with Crippen LogP contribution in [0.2, 0.25) is 0 Å². The fraction of sp³-hybridized carbons (Fsp3) is 0.136. The number of amides is 1. The maximum absolute atomic E-state index is 12.7. The number of carbonyl (C=O) groups is 1. The quantitative estimate of drug-likeness (QED) is 0.443. The summed E-state index contributed by atoms with van der Waals surface area (Å²) in [5.74, 6) is 0.218. The molecule has 0 aliphatic rings. The van der Waals surface area contributed by atoms with E-state index < -0.39 is 0 Å². The summed E-state index contributed by atoms with van der Waals surface area (Å²) in [7, 11) is 0. The molecule has 1 unspecified atom stereocenters. The molecule has 2 aromatic heterocycles. The van der Waals surface area contributed by atoms with Gasteiger partial charge in [0.1, 0.15) is 11.0 Å². The molecule has 2 heterocycles. The topological polar surface area (TPSA) is 59.8 Å². The van der Waals surface area contributed by atoms with Crippen molar-refractivity contribution in [3.05, 3.63) is 94.7 Å². The van der Waals surface area contributed by atoms with Gasteiger partial charge in [0.15, 0.2) is 5.16 Å². The number of imidazole rings is 1. The summed E-state index contributed by atoms with van der Waals surface area (Å²) in [4.78, 5) is 21.5. The molecular formula is C22H20N4OS2. The van der Waals surface area contributed by atoms with E-state index in [0.29, 0.717) is 0 Å². The van der Waals surface area contributed by atoms with E-state index >= 15 is 0 Å². The van der Waals surface area contributed by atoms with Crippen LogP contribution in [0.3, 0.4) is 0 Å². The van der Waals surface area contributed by atoms with Gasteiger partial charge in [-0.15, -0.1) is 11.3 Å². The maximum atomic E-state index is 12.7. The number of aryl methyl sites for hydroxylation is 1. The van der Waals surface area contributed by atoms with Crippen molar-refractivity contribution in [2.75, 3.05) is 5.75 Å². The Balaban J connectivity index is 1.46. The van der Waals surface area contributed by atoms with Gasteiger partial charge in [-0.25, -0.2) is 9.97 Å². The molecule has 0 fully saturated rings. The summed E-state index contributed by atoms with van der Waals surface area (Å²) in [5.41, 5.74) is 3.23. The molecule has 5 nitrogen and oxygen atoms in total. The van der Waals surface area contributed by atoms with Crippen molar-refractivity contribution in [1.82, 2.24) is 19.9 Å². The molecule has 1 amide bonds. The molecule has 7 heteroatoms. The van der Waals surface area contributed by atoms with E-state index in [9.17, 15) is 4.79 Å². The zero-order chi connectivity index (χ0) is 20.1. The number of rotatable bonds is 7. The highest BCUT2D eigenvalue weighted by Gasteiger charge is 2.19. The second-order valence-corrected chi connectivity index (χ2v) is 8.36. The smallest absolute Gasteiger partial charge is 0.231 e. The monoisotopic (exact) mass is 420 g/mol. The zero-order valence-corrected chi connectivity index (χ0v) is 17.5. The van der Waals surface area contributed by atoms with Crippen LogP contribution in [-0.4, -0.2) is 26.2 Å². The third kappa shape index (κ3) is 4.75. The number of hydrogen-bond acceptors (Lipinski definition) is 5. The van der Waals surface area contributed by atoms with Crippen molar-refractivity contribution in [2.24, 2.45) is 0 Å². The summed E-state index contributed by atoms with van der Waals surface area (Å²) in [6.07, 6.45) is 5.43. The molecule has 1 atom stereocenters. The van der Waals surface area contributed by atoms with Gasteiger partial charge in [0.25, 0.3) is 0 Å². The van der Waals surface area contributed by atoms with Gasteiger partial charge in [-0.1, -0.05) is 54.2 Å². The Kier molecular flexibility index (Phi) is 6.07. The predicted octanol–water partition coefficient (Wildman–Crippen LogP) is 4.64. The van der Waals surface area contributed by atoms with Crippen LogP contribution < -0.4 is 5.32 Å². The van der Waals surface area contributed by atoms with Gasteiger partial charge in [0.05, 0.1) is 5.75 Å². The van der Waals surface area contributed by atoms with Crippen LogP contribution in [0, 0.1) is 6.92 Å². The molecule has 4 rings (SSSR count). The van der Waals surface area contributed by atoms with Crippen molar-refractivity contribution < 1.29 is 4.79 Å². The highest BCUT2D eigenvalue weighted by molar-refractivity contribution is 7.99. The fourth-order valence-corrected chi connectivity index (χ4v) is 4.51. The average molecular weight is 421 g/mol. The first-order valence-corrected chi connectivity index (χ1v) is 11.0. The van der Waals surface area contributed by atoms with E-state index in [4.69, 9.17) is 0 Å². The lowest BCUT2D eigenvalue weighted by molar-refractivity contribution is -0.119. The van der Waals surface area contributed by atoms with Crippen molar-refractivity contribution in [1.29, 1.82) is 0 Å². The van der Waals surface area contributed by atoms with E-state index in [0.717, 1.165) is 21.4 Å². The van der Waals surface area contributed by atoms with Crippen LogP contribution >= 0.6 is 23.1 Å². The van der Waals surface area contributed by atoms with Crippen LogP contribution in [-0.2, 0) is 4.79 Å². The molecule has 0 aliphatic carbocycles. The summed E-state index contributed by atoms with van der Waals surface area (Å²) < 4.78 is 2.00. The first-order chi connectivity index (χ1) is 14.2. The number of thiazole rings is 1. The van der Waals surface area contributed by atoms with Gasteiger partial charge in [-0.2, -0.15) is 0 Å². The number of thioether (sulfide) groups is 1. The van der Waals surface area contributed by atoms with E-state index in [1.54, 1.807) is 12.4 Å². The SMILES string of the molecule is Cc1cccc(-n2ccnc2SCC(=O)NC(c2ccccc2)c2nccs2)c1. The largest absolute Gasteiger partial charge is 0.342 e. The Morgan fingerprint density at radius 2 is 2.00 bits per heavy atom. The van der Waals surface area contributed by atoms with Gasteiger partial charge in [-0.05, 0) is 30.2 Å². The predicted molar refractivity (Wildman–Crippen MR) is 118 cm³/mol. The van der Waals surface area contributed by atoms with Crippen LogP contribution in [0.15, 0.2) is 83.7 Å². The lowest BCUT2D eigenvalue weighted by atomic mass is 10.1. The third-order valence-corrected chi connectivity index (χ3v) is 6.16. The Morgan fingerprint density at radius 1 is 1.14 bits per heavy atom. The second kappa shape index (κ2) is 9.07. The molecular weight excluding hydrogens is 400 g/mol. The van der Waals surface area contributed by atoms with Gasteiger partial charge in [-0.3, -0.25) is 9.36 Å². The number of hydrogen-bond donors (Lipinski definition) is 1. The molecule has 29 heavy (non-hydrogen) atoms. The molecule has 0 saturated heterocycles. The molecule has 0 bridgehead atoms. The lowest BCUT2D eigenvalue weighted by Crippen LogP contribution is -2.30. The highest BCUT2D eigenvalue weighted by atomic mass is 32.2. The average Bonchev–Trinajstić information content (AvgIpc) is 3.43. The van der Waals surface area contributed by atoms with Gasteiger partial charge in [0.2, 0.25) is 5.91 Å². The Labute approximate surface area is 177 Å². The zero-order valence-electron chi connectivity index (χ0n) is 15.9. The fourth-order valence-electron chi connectivity index (χ4n) is 3.01. The molecule has 0 radical (unpaired) electrons. The number of nitrogens with zero attached hydrogens (tertiary/aromatic N) is 3. The molecule has 1 N–H and O–H groups in total. The van der Waals surface area contributed by atoms with E-state index in [1.807, 2.05) is 58.6 Å². The Bertz CT molecular complexity index is 1080. The minimum Gasteiger partial charge on any atom is -0.342 e. The lowest BCUT2D eigenvalue weighted by Gasteiger charge is -2.17. The minimum absolute atomic E-state index is 0.0576. The second-order valence-electron chi connectivity index (χ2n) is 6.49. The van der Waals surface area contributed by atoms with E-state index in [1.165, 1.54) is 28.7 Å². The van der Waals surface area contributed by atoms with Crippen molar-refractivity contribution in [3.63, 3.8) is 0 Å². The van der Waals surface area contributed by atoms with Crippen molar-refractivity contribution in [2.45, 2.75) is 18.1 Å². The number of nitrogens with one attached hydrogen (secondary N) is 1. The molecule has 146 valence electrons. The molecule has 4 aromatic rings. The Morgan fingerprint density at radius 3 is 2.76 bits per heavy atom. The number of carbonyl (C=O) groups excluding carboxylic acids is 1. The molecule has 0 aliphatic heterocycles. The Hall–Kier alpha value is -2.90. The standard InChI is InChI=1S/C22H20N4OS2/c1-16-6-5-9-18(14-16)26-12-10-24-22(26)29-15-19(27)25-20(21-23-11-13-28-21)17-7-3-2-4-8-17/h2-14,20H,15H2,1H3,(H,25,27). The molecule has 0 spiro atoms. The van der Waals surface area contributed by atoms with Crippen LogP contribution in [0.5, 0.6) is 0 Å². The highest BCUT2D eigenvalue weighted by Crippen LogP contribution is 2.25. The number of benzene rings is 2. The number of aromatic nitrogens is 3. The van der Waals surface area contributed by atoms with Crippen molar-refractivity contribution >= 4 is 29.0 Å². The van der Waals surface area contributed by atoms with Gasteiger partial charge in [0, 0.05) is 29.7 Å². The van der Waals surface area contributed by atoms with Crippen LogP contribution in [0.25, 0.3) is 5.69 Å². The maximum Gasteiger partial charge on any atom is 0.231 e. The molecule has 2 aromatic carbocycles. The van der Waals surface area contributed by atoms with Crippen LogP contribution in [0.4, 0.5) is 0 Å². The van der Waals surface area contributed by atoms with E-state index in [2.05, 4.69) is 34.3 Å².